The minimum Gasteiger partial charge on any atom is -0.444 e. The number of carbonyl (C=O) groups is 1. The van der Waals surface area contributed by atoms with E-state index in [-0.39, 0.29) is 12.1 Å². The molecule has 0 radical (unpaired) electrons. The molecule has 1 amide bonds. The number of hydrogen-bond donors (Lipinski definition) is 2. The third kappa shape index (κ3) is 5.13. The lowest BCUT2D eigenvalue weighted by molar-refractivity contribution is 0.00878. The molecule has 1 aliphatic carbocycles. The van der Waals surface area contributed by atoms with Crippen molar-refractivity contribution in [1.29, 1.82) is 0 Å². The number of amides is 1. The Morgan fingerprint density at radius 2 is 1.77 bits per heavy atom. The van der Waals surface area contributed by atoms with Crippen molar-refractivity contribution in [2.75, 3.05) is 6.54 Å². The van der Waals surface area contributed by atoms with E-state index >= 15 is 0 Å². The Hall–Kier alpha value is -0.810. The summed E-state index contributed by atoms with van der Waals surface area (Å²) in [4.78, 5) is 14.1. The van der Waals surface area contributed by atoms with E-state index in [0.29, 0.717) is 18.1 Å². The summed E-state index contributed by atoms with van der Waals surface area (Å²) in [7, 11) is 0. The first-order valence-corrected chi connectivity index (χ1v) is 8.76. The number of likely N-dealkylation sites (tertiary alicyclic amines) is 1. The number of ether oxygens (including phenoxy) is 1. The largest absolute Gasteiger partial charge is 0.444 e. The lowest BCUT2D eigenvalue weighted by Gasteiger charge is -2.40. The zero-order valence-electron chi connectivity index (χ0n) is 14.6. The molecule has 2 rings (SSSR count). The van der Waals surface area contributed by atoms with Crippen molar-refractivity contribution >= 4 is 6.09 Å². The Morgan fingerprint density at radius 1 is 1.14 bits per heavy atom. The molecule has 2 atom stereocenters. The molecule has 0 aromatic heterocycles. The van der Waals surface area contributed by atoms with Crippen LogP contribution >= 0.6 is 0 Å². The van der Waals surface area contributed by atoms with Gasteiger partial charge in [0.1, 0.15) is 5.60 Å². The van der Waals surface area contributed by atoms with Crippen molar-refractivity contribution in [3.05, 3.63) is 0 Å². The zero-order chi connectivity index (χ0) is 16.3. The molecule has 0 aromatic rings. The molecule has 0 bridgehead atoms. The average molecular weight is 311 g/mol. The van der Waals surface area contributed by atoms with Crippen LogP contribution in [0.15, 0.2) is 0 Å². The van der Waals surface area contributed by atoms with Gasteiger partial charge in [-0.1, -0.05) is 0 Å². The van der Waals surface area contributed by atoms with Crippen LogP contribution in [0.2, 0.25) is 0 Å². The van der Waals surface area contributed by atoms with Crippen molar-refractivity contribution in [3.8, 4) is 0 Å². The third-order valence-corrected chi connectivity index (χ3v) is 4.75. The first kappa shape index (κ1) is 17.5. The minimum atomic E-state index is -0.424. The highest BCUT2D eigenvalue weighted by Gasteiger charge is 2.32. The highest BCUT2D eigenvalue weighted by Crippen LogP contribution is 2.23. The number of hydrogen-bond acceptors (Lipinski definition) is 4. The summed E-state index contributed by atoms with van der Waals surface area (Å²) < 4.78 is 5.50. The van der Waals surface area contributed by atoms with Crippen LogP contribution in [0.25, 0.3) is 0 Å². The third-order valence-electron chi connectivity index (χ3n) is 4.75. The molecular weight excluding hydrogens is 278 g/mol. The van der Waals surface area contributed by atoms with E-state index in [1.165, 1.54) is 12.8 Å². The zero-order valence-corrected chi connectivity index (χ0v) is 14.6. The van der Waals surface area contributed by atoms with Gasteiger partial charge in [-0.15, -0.1) is 0 Å². The van der Waals surface area contributed by atoms with Gasteiger partial charge in [0, 0.05) is 30.7 Å². The molecule has 0 aromatic carbocycles. The highest BCUT2D eigenvalue weighted by atomic mass is 16.6. The van der Waals surface area contributed by atoms with Crippen molar-refractivity contribution in [1.82, 2.24) is 10.2 Å². The maximum absolute atomic E-state index is 12.2. The molecule has 1 heterocycles. The molecule has 2 fully saturated rings. The number of piperidine rings is 1. The standard InChI is InChI=1S/C17H33N3O2/c1-12-11-15(19-14-7-5-13(18)6-8-14)9-10-20(12)16(21)22-17(2,3)4/h12-15,19H,5-11,18H2,1-4H3. The summed E-state index contributed by atoms with van der Waals surface area (Å²) in [5.41, 5.74) is 5.54. The second-order valence-electron chi connectivity index (χ2n) is 8.02. The highest BCUT2D eigenvalue weighted by molar-refractivity contribution is 5.68. The van der Waals surface area contributed by atoms with Gasteiger partial charge in [-0.05, 0) is 66.2 Å². The van der Waals surface area contributed by atoms with Crippen LogP contribution in [0.4, 0.5) is 4.79 Å². The van der Waals surface area contributed by atoms with E-state index in [0.717, 1.165) is 32.2 Å². The molecule has 1 aliphatic heterocycles. The Balaban J connectivity index is 1.78. The van der Waals surface area contributed by atoms with E-state index in [1.807, 2.05) is 25.7 Å². The predicted molar refractivity (Wildman–Crippen MR) is 88.8 cm³/mol. The maximum atomic E-state index is 12.2. The van der Waals surface area contributed by atoms with E-state index in [4.69, 9.17) is 10.5 Å². The molecule has 1 saturated heterocycles. The van der Waals surface area contributed by atoms with Gasteiger partial charge in [-0.25, -0.2) is 4.79 Å². The molecule has 2 aliphatic rings. The first-order valence-electron chi connectivity index (χ1n) is 8.76. The van der Waals surface area contributed by atoms with Gasteiger partial charge in [0.15, 0.2) is 0 Å². The smallest absolute Gasteiger partial charge is 0.410 e. The number of nitrogens with zero attached hydrogens (tertiary/aromatic N) is 1. The van der Waals surface area contributed by atoms with Gasteiger partial charge in [0.05, 0.1) is 0 Å². The van der Waals surface area contributed by atoms with Gasteiger partial charge >= 0.3 is 6.09 Å². The fourth-order valence-electron chi connectivity index (χ4n) is 3.53. The lowest BCUT2D eigenvalue weighted by Crippen LogP contribution is -2.53. The summed E-state index contributed by atoms with van der Waals surface area (Å²) in [5.74, 6) is 0. The second-order valence-corrected chi connectivity index (χ2v) is 8.02. The molecular formula is C17H33N3O2. The van der Waals surface area contributed by atoms with E-state index in [1.54, 1.807) is 0 Å². The molecule has 2 unspecified atom stereocenters. The summed E-state index contributed by atoms with van der Waals surface area (Å²) in [5, 5.41) is 3.78. The molecule has 3 N–H and O–H groups in total. The minimum absolute atomic E-state index is 0.179. The second kappa shape index (κ2) is 7.18. The first-order chi connectivity index (χ1) is 10.2. The topological polar surface area (TPSA) is 67.6 Å². The number of nitrogens with two attached hydrogens (primary N) is 1. The SMILES string of the molecule is CC1CC(NC2CCC(N)CC2)CCN1C(=O)OC(C)(C)C. The normalized spacial score (nSPS) is 33.6. The Kier molecular flexibility index (Phi) is 5.72. The van der Waals surface area contributed by atoms with Crippen LogP contribution in [0.1, 0.15) is 66.2 Å². The van der Waals surface area contributed by atoms with Crippen LogP contribution in [0.5, 0.6) is 0 Å². The van der Waals surface area contributed by atoms with Gasteiger partial charge in [-0.3, -0.25) is 0 Å². The Labute approximate surface area is 134 Å². The van der Waals surface area contributed by atoms with Gasteiger partial charge in [-0.2, -0.15) is 0 Å². The molecule has 128 valence electrons. The summed E-state index contributed by atoms with van der Waals surface area (Å²) >= 11 is 0. The van der Waals surface area contributed by atoms with Crippen LogP contribution in [0.3, 0.4) is 0 Å². The van der Waals surface area contributed by atoms with Gasteiger partial charge in [0.25, 0.3) is 0 Å². The van der Waals surface area contributed by atoms with E-state index < -0.39 is 5.60 Å². The van der Waals surface area contributed by atoms with Crippen LogP contribution in [-0.2, 0) is 4.74 Å². The summed E-state index contributed by atoms with van der Waals surface area (Å²) in [6.07, 6.45) is 6.45. The maximum Gasteiger partial charge on any atom is 0.410 e. The average Bonchev–Trinajstić information content (AvgIpc) is 2.39. The van der Waals surface area contributed by atoms with Crippen molar-refractivity contribution < 1.29 is 9.53 Å². The summed E-state index contributed by atoms with van der Waals surface area (Å²) in [6, 6.07) is 1.73. The predicted octanol–water partition coefficient (Wildman–Crippen LogP) is 2.63. The van der Waals surface area contributed by atoms with E-state index in [2.05, 4.69) is 12.2 Å². The van der Waals surface area contributed by atoms with Crippen LogP contribution < -0.4 is 11.1 Å². The van der Waals surface area contributed by atoms with Gasteiger partial charge in [0.2, 0.25) is 0 Å². The lowest BCUT2D eigenvalue weighted by atomic mass is 9.90. The monoisotopic (exact) mass is 311 g/mol. The number of nitrogens with one attached hydrogen (secondary N) is 1. The Bertz CT molecular complexity index is 373. The molecule has 5 nitrogen and oxygen atoms in total. The fraction of sp³-hybridized carbons (Fsp3) is 0.941. The van der Waals surface area contributed by atoms with Gasteiger partial charge < -0.3 is 20.7 Å². The molecule has 1 saturated carbocycles. The van der Waals surface area contributed by atoms with Crippen molar-refractivity contribution in [2.45, 2.75) is 96.0 Å². The molecule has 5 heteroatoms. The molecule has 0 spiro atoms. The summed E-state index contributed by atoms with van der Waals surface area (Å²) in [6.45, 7) is 8.64. The van der Waals surface area contributed by atoms with Crippen LogP contribution in [-0.4, -0.2) is 47.3 Å². The van der Waals surface area contributed by atoms with Crippen LogP contribution in [0, 0.1) is 0 Å². The number of rotatable bonds is 2. The fourth-order valence-corrected chi connectivity index (χ4v) is 3.53. The quantitative estimate of drug-likeness (QED) is 0.822. The Morgan fingerprint density at radius 3 is 2.32 bits per heavy atom. The van der Waals surface area contributed by atoms with Crippen molar-refractivity contribution in [2.24, 2.45) is 5.73 Å². The molecule has 22 heavy (non-hydrogen) atoms. The van der Waals surface area contributed by atoms with Crippen molar-refractivity contribution in [3.63, 3.8) is 0 Å². The van der Waals surface area contributed by atoms with E-state index in [9.17, 15) is 4.79 Å². The number of carbonyl (C=O) groups excluding carboxylic acids is 1.